The van der Waals surface area contributed by atoms with Crippen molar-refractivity contribution in [2.75, 3.05) is 6.54 Å². The second kappa shape index (κ2) is 6.96. The zero-order valence-electron chi connectivity index (χ0n) is 12.9. The number of aromatic nitrogens is 1. The fourth-order valence-corrected chi connectivity index (χ4v) is 2.36. The molecular weight excluding hydrogens is 292 g/mol. The van der Waals surface area contributed by atoms with Gasteiger partial charge in [-0.2, -0.15) is 0 Å². The van der Waals surface area contributed by atoms with Crippen LogP contribution in [0, 0.1) is 0 Å². The molecule has 0 radical (unpaired) electrons. The van der Waals surface area contributed by atoms with Gasteiger partial charge in [0.25, 0.3) is 5.91 Å². The summed E-state index contributed by atoms with van der Waals surface area (Å²) in [5.41, 5.74) is 1.52. The molecule has 0 bridgehead atoms. The van der Waals surface area contributed by atoms with Gasteiger partial charge in [-0.1, -0.05) is 42.4 Å². The van der Waals surface area contributed by atoms with Crippen molar-refractivity contribution in [2.45, 2.75) is 19.3 Å². The summed E-state index contributed by atoms with van der Waals surface area (Å²) in [5.74, 6) is 1.13. The summed E-state index contributed by atoms with van der Waals surface area (Å²) in [7, 11) is 0. The monoisotopic (exact) mass is 310 g/mol. The molecule has 0 aliphatic rings. The number of nitrogens with one attached hydrogen (secondary N) is 1. The number of rotatable bonds is 6. The molecule has 5 heteroatoms. The molecule has 1 unspecified atom stereocenters. The SMILES string of the molecule is CC(CCNC(=O)c1cc(-c2ccco2)on1)c1ccccc1. The fourth-order valence-electron chi connectivity index (χ4n) is 2.36. The number of hydrogen-bond donors (Lipinski definition) is 1. The molecule has 3 rings (SSSR count). The summed E-state index contributed by atoms with van der Waals surface area (Å²) >= 11 is 0. The molecule has 0 saturated carbocycles. The van der Waals surface area contributed by atoms with E-state index in [0.717, 1.165) is 6.42 Å². The number of carbonyl (C=O) groups excluding carboxylic acids is 1. The van der Waals surface area contributed by atoms with Crippen LogP contribution in [-0.2, 0) is 0 Å². The first-order valence-corrected chi connectivity index (χ1v) is 7.58. The van der Waals surface area contributed by atoms with Gasteiger partial charge in [-0.05, 0) is 30.0 Å². The minimum Gasteiger partial charge on any atom is -0.461 e. The van der Waals surface area contributed by atoms with Gasteiger partial charge in [0.15, 0.2) is 11.5 Å². The standard InChI is InChI=1S/C18H18N2O3/c1-13(14-6-3-2-4-7-14)9-10-19-18(21)15-12-17(23-20-15)16-8-5-11-22-16/h2-8,11-13H,9-10H2,1H3,(H,19,21). The van der Waals surface area contributed by atoms with Crippen molar-refractivity contribution in [1.29, 1.82) is 0 Å². The molecule has 0 fully saturated rings. The van der Waals surface area contributed by atoms with Gasteiger partial charge in [0.1, 0.15) is 0 Å². The van der Waals surface area contributed by atoms with Crippen LogP contribution in [0.25, 0.3) is 11.5 Å². The highest BCUT2D eigenvalue weighted by Crippen LogP contribution is 2.21. The Labute approximate surface area is 134 Å². The van der Waals surface area contributed by atoms with Crippen LogP contribution in [0.5, 0.6) is 0 Å². The van der Waals surface area contributed by atoms with Crippen LogP contribution in [0.1, 0.15) is 35.3 Å². The Morgan fingerprint density at radius 1 is 1.17 bits per heavy atom. The first-order chi connectivity index (χ1) is 11.2. The van der Waals surface area contributed by atoms with Gasteiger partial charge in [-0.3, -0.25) is 4.79 Å². The van der Waals surface area contributed by atoms with Crippen LogP contribution in [0.2, 0.25) is 0 Å². The third-order valence-corrected chi connectivity index (χ3v) is 3.74. The van der Waals surface area contributed by atoms with Gasteiger partial charge in [-0.25, -0.2) is 0 Å². The van der Waals surface area contributed by atoms with E-state index in [0.29, 0.717) is 24.0 Å². The topological polar surface area (TPSA) is 68.3 Å². The summed E-state index contributed by atoms with van der Waals surface area (Å²) in [6.07, 6.45) is 2.40. The van der Waals surface area contributed by atoms with Gasteiger partial charge >= 0.3 is 0 Å². The largest absolute Gasteiger partial charge is 0.461 e. The van der Waals surface area contributed by atoms with Crippen molar-refractivity contribution < 1.29 is 13.7 Å². The van der Waals surface area contributed by atoms with Crippen molar-refractivity contribution in [3.63, 3.8) is 0 Å². The van der Waals surface area contributed by atoms with Crippen LogP contribution in [0.3, 0.4) is 0 Å². The fraction of sp³-hybridized carbons (Fsp3) is 0.222. The van der Waals surface area contributed by atoms with Gasteiger partial charge in [0.2, 0.25) is 5.76 Å². The van der Waals surface area contributed by atoms with E-state index in [-0.39, 0.29) is 11.6 Å². The number of benzene rings is 1. The molecule has 2 heterocycles. The quantitative estimate of drug-likeness (QED) is 0.750. The average molecular weight is 310 g/mol. The van der Waals surface area contributed by atoms with E-state index in [9.17, 15) is 4.79 Å². The second-order valence-electron chi connectivity index (χ2n) is 5.41. The predicted octanol–water partition coefficient (Wildman–Crippen LogP) is 3.86. The maximum Gasteiger partial charge on any atom is 0.273 e. The number of nitrogens with zero attached hydrogens (tertiary/aromatic N) is 1. The Morgan fingerprint density at radius 3 is 2.74 bits per heavy atom. The number of amides is 1. The normalized spacial score (nSPS) is 12.0. The minimum absolute atomic E-state index is 0.244. The summed E-state index contributed by atoms with van der Waals surface area (Å²) in [4.78, 5) is 12.1. The third-order valence-electron chi connectivity index (χ3n) is 3.74. The Hall–Kier alpha value is -2.82. The average Bonchev–Trinajstić information content (AvgIpc) is 3.26. The molecule has 1 N–H and O–H groups in total. The van der Waals surface area contributed by atoms with Crippen molar-refractivity contribution in [3.8, 4) is 11.5 Å². The molecular formula is C18H18N2O3. The number of furan rings is 1. The summed E-state index contributed by atoms with van der Waals surface area (Å²) < 4.78 is 10.3. The van der Waals surface area contributed by atoms with E-state index in [1.165, 1.54) is 5.56 Å². The summed E-state index contributed by atoms with van der Waals surface area (Å²) in [6, 6.07) is 15.3. The predicted molar refractivity (Wildman–Crippen MR) is 86.0 cm³/mol. The molecule has 0 aliphatic heterocycles. The van der Waals surface area contributed by atoms with Gasteiger partial charge in [0, 0.05) is 12.6 Å². The molecule has 0 aliphatic carbocycles. The van der Waals surface area contributed by atoms with Crippen molar-refractivity contribution in [3.05, 3.63) is 66.1 Å². The van der Waals surface area contributed by atoms with Crippen molar-refractivity contribution in [2.24, 2.45) is 0 Å². The lowest BCUT2D eigenvalue weighted by Crippen LogP contribution is -2.25. The van der Waals surface area contributed by atoms with E-state index in [2.05, 4.69) is 29.5 Å². The molecule has 2 aromatic heterocycles. The maximum atomic E-state index is 12.1. The van der Waals surface area contributed by atoms with E-state index in [1.54, 1.807) is 24.5 Å². The van der Waals surface area contributed by atoms with Crippen LogP contribution in [0.15, 0.2) is 63.7 Å². The molecule has 0 spiro atoms. The molecule has 118 valence electrons. The number of carbonyl (C=O) groups is 1. The van der Waals surface area contributed by atoms with E-state index >= 15 is 0 Å². The van der Waals surface area contributed by atoms with Crippen molar-refractivity contribution >= 4 is 5.91 Å². The first-order valence-electron chi connectivity index (χ1n) is 7.58. The first kappa shape index (κ1) is 15.1. The minimum atomic E-state index is -0.244. The summed E-state index contributed by atoms with van der Waals surface area (Å²) in [5, 5.41) is 6.65. The third kappa shape index (κ3) is 3.69. The zero-order chi connectivity index (χ0) is 16.1. The zero-order valence-corrected chi connectivity index (χ0v) is 12.9. The van der Waals surface area contributed by atoms with Crippen LogP contribution in [0.4, 0.5) is 0 Å². The van der Waals surface area contributed by atoms with Crippen molar-refractivity contribution in [1.82, 2.24) is 10.5 Å². The summed E-state index contributed by atoms with van der Waals surface area (Å²) in [6.45, 7) is 2.73. The highest BCUT2D eigenvalue weighted by Gasteiger charge is 2.15. The smallest absolute Gasteiger partial charge is 0.273 e. The van der Waals surface area contributed by atoms with Gasteiger partial charge in [0.05, 0.1) is 6.26 Å². The lowest BCUT2D eigenvalue weighted by atomic mass is 9.98. The second-order valence-corrected chi connectivity index (χ2v) is 5.41. The molecule has 1 atom stereocenters. The maximum absolute atomic E-state index is 12.1. The highest BCUT2D eigenvalue weighted by atomic mass is 16.5. The number of hydrogen-bond acceptors (Lipinski definition) is 4. The molecule has 23 heavy (non-hydrogen) atoms. The van der Waals surface area contributed by atoms with Crippen LogP contribution >= 0.6 is 0 Å². The van der Waals surface area contributed by atoms with E-state index < -0.39 is 0 Å². The Morgan fingerprint density at radius 2 is 2.00 bits per heavy atom. The Bertz CT molecular complexity index is 748. The Balaban J connectivity index is 1.52. The lowest BCUT2D eigenvalue weighted by Gasteiger charge is -2.11. The van der Waals surface area contributed by atoms with Gasteiger partial charge in [-0.15, -0.1) is 0 Å². The van der Waals surface area contributed by atoms with Crippen LogP contribution < -0.4 is 5.32 Å². The molecule has 5 nitrogen and oxygen atoms in total. The molecule has 1 amide bonds. The van der Waals surface area contributed by atoms with E-state index in [1.807, 2.05) is 18.2 Å². The highest BCUT2D eigenvalue weighted by molar-refractivity contribution is 5.92. The molecule has 3 aromatic rings. The molecule has 0 saturated heterocycles. The molecule has 1 aromatic carbocycles. The van der Waals surface area contributed by atoms with Gasteiger partial charge < -0.3 is 14.3 Å². The van der Waals surface area contributed by atoms with Crippen LogP contribution in [-0.4, -0.2) is 17.6 Å². The lowest BCUT2D eigenvalue weighted by molar-refractivity contribution is 0.0943. The van der Waals surface area contributed by atoms with E-state index in [4.69, 9.17) is 8.94 Å². The Kier molecular flexibility index (Phi) is 4.57.